The number of methoxy groups -OCH3 is 1. The number of benzene rings is 1. The van der Waals surface area contributed by atoms with Gasteiger partial charge in [-0.05, 0) is 24.3 Å². The van der Waals surface area contributed by atoms with Crippen LogP contribution in [0.15, 0.2) is 48.9 Å². The van der Waals surface area contributed by atoms with Gasteiger partial charge in [0.05, 0.1) is 28.3 Å². The Morgan fingerprint density at radius 1 is 1.09 bits per heavy atom. The van der Waals surface area contributed by atoms with Crippen molar-refractivity contribution in [3.05, 3.63) is 69.1 Å². The number of nitro groups is 1. The molecule has 0 fully saturated rings. The topological polar surface area (TPSA) is 144 Å². The summed E-state index contributed by atoms with van der Waals surface area (Å²) >= 11 is 12.5. The Kier molecular flexibility index (Phi) is 7.04. The maximum Gasteiger partial charge on any atom is 0.331 e. The molecule has 0 spiro atoms. The summed E-state index contributed by atoms with van der Waals surface area (Å²) in [6, 6.07) is 8.02. The predicted molar refractivity (Wildman–Crippen MR) is 129 cm³/mol. The number of imidazole rings is 1. The molecule has 4 aromatic rings. The third kappa shape index (κ3) is 5.16. The van der Waals surface area contributed by atoms with Gasteiger partial charge in [0, 0.05) is 48.3 Å². The molecule has 0 aliphatic carbocycles. The zero-order valence-electron chi connectivity index (χ0n) is 17.7. The SMILES string of the molecule is COc1nc(NCCNc2ncc(-c3ncc[nH]3)c(-c3ccc(Cl)cc3Cl)n2)ccc1[N+](=O)[O-]. The zero-order valence-corrected chi connectivity index (χ0v) is 19.3. The molecular weight excluding hydrogens is 483 g/mol. The van der Waals surface area contributed by atoms with Crippen molar-refractivity contribution in [1.82, 2.24) is 24.9 Å². The summed E-state index contributed by atoms with van der Waals surface area (Å²) in [7, 11) is 1.33. The van der Waals surface area contributed by atoms with Crippen molar-refractivity contribution in [2.24, 2.45) is 0 Å². The van der Waals surface area contributed by atoms with Crippen molar-refractivity contribution in [1.29, 1.82) is 0 Å². The molecule has 174 valence electrons. The maximum absolute atomic E-state index is 11.0. The third-order valence-electron chi connectivity index (χ3n) is 4.67. The third-order valence-corrected chi connectivity index (χ3v) is 5.22. The summed E-state index contributed by atoms with van der Waals surface area (Å²) in [6.45, 7) is 0.878. The van der Waals surface area contributed by atoms with Gasteiger partial charge in [-0.1, -0.05) is 23.2 Å². The van der Waals surface area contributed by atoms with Crippen LogP contribution in [-0.4, -0.2) is 50.0 Å². The van der Waals surface area contributed by atoms with Gasteiger partial charge in [0.25, 0.3) is 5.88 Å². The summed E-state index contributed by atoms with van der Waals surface area (Å²) in [4.78, 5) is 30.9. The zero-order chi connectivity index (χ0) is 24.1. The number of hydrogen-bond donors (Lipinski definition) is 3. The number of anilines is 2. The highest BCUT2D eigenvalue weighted by molar-refractivity contribution is 6.36. The molecule has 0 saturated heterocycles. The number of ether oxygens (including phenoxy) is 1. The molecule has 3 aromatic heterocycles. The number of halogens is 2. The number of hydrogen-bond acceptors (Lipinski definition) is 9. The van der Waals surface area contributed by atoms with E-state index in [0.29, 0.717) is 57.5 Å². The van der Waals surface area contributed by atoms with Crippen LogP contribution in [0.25, 0.3) is 22.6 Å². The van der Waals surface area contributed by atoms with Gasteiger partial charge in [-0.25, -0.2) is 15.0 Å². The van der Waals surface area contributed by atoms with Crippen LogP contribution in [0.4, 0.5) is 17.5 Å². The Bertz CT molecular complexity index is 1320. The van der Waals surface area contributed by atoms with Crippen LogP contribution in [0.3, 0.4) is 0 Å². The first-order chi connectivity index (χ1) is 16.5. The van der Waals surface area contributed by atoms with Gasteiger partial charge in [-0.15, -0.1) is 0 Å². The minimum atomic E-state index is -0.550. The number of H-pyrrole nitrogens is 1. The van der Waals surface area contributed by atoms with Gasteiger partial charge in [-0.3, -0.25) is 10.1 Å². The smallest absolute Gasteiger partial charge is 0.331 e. The molecule has 13 heteroatoms. The monoisotopic (exact) mass is 500 g/mol. The van der Waals surface area contributed by atoms with E-state index in [1.165, 1.54) is 19.2 Å². The van der Waals surface area contributed by atoms with Crippen molar-refractivity contribution < 1.29 is 9.66 Å². The second kappa shape index (κ2) is 10.3. The Labute approximate surface area is 203 Å². The van der Waals surface area contributed by atoms with Crippen molar-refractivity contribution in [3.8, 4) is 28.5 Å². The molecule has 0 radical (unpaired) electrons. The Balaban J connectivity index is 1.49. The molecule has 0 unspecified atom stereocenters. The number of aromatic amines is 1. The average Bonchev–Trinajstić information content (AvgIpc) is 3.36. The first-order valence-electron chi connectivity index (χ1n) is 9.95. The van der Waals surface area contributed by atoms with E-state index in [2.05, 4.69) is 35.6 Å². The van der Waals surface area contributed by atoms with Crippen LogP contribution in [0, 0.1) is 10.1 Å². The fourth-order valence-corrected chi connectivity index (χ4v) is 3.62. The Morgan fingerprint density at radius 3 is 2.62 bits per heavy atom. The molecule has 0 bridgehead atoms. The molecule has 0 atom stereocenters. The number of pyridine rings is 1. The van der Waals surface area contributed by atoms with Crippen molar-refractivity contribution >= 4 is 40.7 Å². The standard InChI is InChI=1S/C21H18Cl2N8O3/c1-34-20-16(31(32)33)4-5-17(29-20)24-6-9-27-21-28-11-14(19-25-7-8-26-19)18(30-21)13-3-2-12(22)10-15(13)23/h2-5,7-8,10-11H,6,9H2,1H3,(H,24,29)(H,25,26)(H,27,28,30). The molecule has 11 nitrogen and oxygen atoms in total. The number of rotatable bonds is 9. The van der Waals surface area contributed by atoms with E-state index >= 15 is 0 Å². The highest BCUT2D eigenvalue weighted by Crippen LogP contribution is 2.35. The molecule has 4 rings (SSSR count). The molecule has 3 heterocycles. The second-order valence-corrected chi connectivity index (χ2v) is 7.70. The number of aromatic nitrogens is 5. The normalized spacial score (nSPS) is 10.7. The van der Waals surface area contributed by atoms with Gasteiger partial charge in [0.1, 0.15) is 11.6 Å². The molecule has 34 heavy (non-hydrogen) atoms. The first kappa shape index (κ1) is 23.2. The quantitative estimate of drug-likeness (QED) is 0.169. The molecular formula is C21H18Cl2N8O3. The lowest BCUT2D eigenvalue weighted by Crippen LogP contribution is -2.16. The van der Waals surface area contributed by atoms with Crippen LogP contribution in [0.5, 0.6) is 5.88 Å². The van der Waals surface area contributed by atoms with Crippen LogP contribution >= 0.6 is 23.2 Å². The first-order valence-corrected chi connectivity index (χ1v) is 10.7. The molecule has 0 aliphatic rings. The molecule has 0 aliphatic heterocycles. The lowest BCUT2D eigenvalue weighted by atomic mass is 10.1. The highest BCUT2D eigenvalue weighted by Gasteiger charge is 2.17. The minimum absolute atomic E-state index is 0.0655. The molecule has 0 amide bonds. The number of nitrogens with one attached hydrogen (secondary N) is 3. The summed E-state index contributed by atoms with van der Waals surface area (Å²) in [6.07, 6.45) is 5.01. The van der Waals surface area contributed by atoms with Crippen molar-refractivity contribution in [2.45, 2.75) is 0 Å². The van der Waals surface area contributed by atoms with Crippen LogP contribution in [-0.2, 0) is 0 Å². The van der Waals surface area contributed by atoms with E-state index in [1.54, 1.807) is 36.8 Å². The van der Waals surface area contributed by atoms with Crippen LogP contribution in [0.2, 0.25) is 10.0 Å². The van der Waals surface area contributed by atoms with E-state index in [9.17, 15) is 10.1 Å². The summed E-state index contributed by atoms with van der Waals surface area (Å²) in [5.74, 6) is 1.36. The lowest BCUT2D eigenvalue weighted by molar-refractivity contribution is -0.386. The van der Waals surface area contributed by atoms with Gasteiger partial charge >= 0.3 is 5.69 Å². The van der Waals surface area contributed by atoms with Crippen molar-refractivity contribution in [3.63, 3.8) is 0 Å². The fourth-order valence-electron chi connectivity index (χ4n) is 3.13. The largest absolute Gasteiger partial charge is 0.476 e. The van der Waals surface area contributed by atoms with E-state index in [1.807, 2.05) is 0 Å². The summed E-state index contributed by atoms with van der Waals surface area (Å²) < 4.78 is 4.98. The second-order valence-electron chi connectivity index (χ2n) is 6.85. The minimum Gasteiger partial charge on any atom is -0.476 e. The number of nitrogens with zero attached hydrogens (tertiary/aromatic N) is 5. The van der Waals surface area contributed by atoms with E-state index in [-0.39, 0.29) is 11.6 Å². The Hall–Kier alpha value is -3.96. The average molecular weight is 501 g/mol. The van der Waals surface area contributed by atoms with Gasteiger partial charge in [0.15, 0.2) is 0 Å². The van der Waals surface area contributed by atoms with E-state index in [0.717, 1.165) is 0 Å². The molecule has 1 aromatic carbocycles. The maximum atomic E-state index is 11.0. The lowest BCUT2D eigenvalue weighted by Gasteiger charge is -2.12. The van der Waals surface area contributed by atoms with Crippen LogP contribution in [0.1, 0.15) is 0 Å². The van der Waals surface area contributed by atoms with Gasteiger partial charge in [-0.2, -0.15) is 4.98 Å². The van der Waals surface area contributed by atoms with Crippen LogP contribution < -0.4 is 15.4 Å². The van der Waals surface area contributed by atoms with Gasteiger partial charge < -0.3 is 20.4 Å². The summed E-state index contributed by atoms with van der Waals surface area (Å²) in [5.41, 5.74) is 1.75. The highest BCUT2D eigenvalue weighted by atomic mass is 35.5. The van der Waals surface area contributed by atoms with Gasteiger partial charge in [0.2, 0.25) is 5.95 Å². The Morgan fingerprint density at radius 2 is 1.91 bits per heavy atom. The molecule has 0 saturated carbocycles. The fraction of sp³-hybridized carbons (Fsp3) is 0.143. The van der Waals surface area contributed by atoms with E-state index < -0.39 is 4.92 Å². The van der Waals surface area contributed by atoms with Crippen molar-refractivity contribution in [2.75, 3.05) is 30.8 Å². The summed E-state index contributed by atoms with van der Waals surface area (Å²) in [5, 5.41) is 18.2. The molecule has 3 N–H and O–H groups in total. The van der Waals surface area contributed by atoms with E-state index in [4.69, 9.17) is 27.9 Å². The predicted octanol–water partition coefficient (Wildman–Crippen LogP) is 4.68.